The summed E-state index contributed by atoms with van der Waals surface area (Å²) in [4.78, 5) is 10.5. The number of para-hydroxylation sites is 1. The SMILES string of the molecule is COc1ccc([N+](=O)[O-])cc1OCc1c(C#N)c(C)nn1-c1ccccc1. The van der Waals surface area contributed by atoms with Gasteiger partial charge in [-0.05, 0) is 25.1 Å². The van der Waals surface area contributed by atoms with E-state index in [-0.39, 0.29) is 18.0 Å². The number of non-ortho nitro benzene ring substituents is 1. The van der Waals surface area contributed by atoms with Crippen LogP contribution in [0.3, 0.4) is 0 Å². The highest BCUT2D eigenvalue weighted by Crippen LogP contribution is 2.32. The predicted molar refractivity (Wildman–Crippen MR) is 97.0 cm³/mol. The van der Waals surface area contributed by atoms with E-state index >= 15 is 0 Å². The number of methoxy groups -OCH3 is 1. The maximum atomic E-state index is 11.0. The number of nitro benzene ring substituents is 1. The van der Waals surface area contributed by atoms with Crippen LogP contribution in [0.4, 0.5) is 5.69 Å². The molecule has 0 atom stereocenters. The number of nitro groups is 1. The van der Waals surface area contributed by atoms with Crippen molar-refractivity contribution in [2.75, 3.05) is 7.11 Å². The molecule has 1 heterocycles. The smallest absolute Gasteiger partial charge is 0.273 e. The first-order valence-electron chi connectivity index (χ1n) is 8.04. The van der Waals surface area contributed by atoms with Gasteiger partial charge in [-0.25, -0.2) is 4.68 Å². The van der Waals surface area contributed by atoms with Crippen LogP contribution in [0.1, 0.15) is 17.0 Å². The molecule has 0 spiro atoms. The third-order valence-corrected chi connectivity index (χ3v) is 3.99. The Bertz CT molecular complexity index is 1020. The molecule has 1 aromatic heterocycles. The molecular weight excluding hydrogens is 348 g/mol. The van der Waals surface area contributed by atoms with E-state index in [9.17, 15) is 15.4 Å². The fourth-order valence-corrected chi connectivity index (χ4v) is 2.67. The van der Waals surface area contributed by atoms with Crippen LogP contribution in [0.5, 0.6) is 11.5 Å². The molecule has 0 bridgehead atoms. The molecule has 2 aromatic carbocycles. The van der Waals surface area contributed by atoms with Gasteiger partial charge in [-0.2, -0.15) is 10.4 Å². The van der Waals surface area contributed by atoms with Crippen LogP contribution in [0.2, 0.25) is 0 Å². The molecule has 8 nitrogen and oxygen atoms in total. The van der Waals surface area contributed by atoms with E-state index in [0.717, 1.165) is 5.69 Å². The lowest BCUT2D eigenvalue weighted by atomic mass is 10.2. The zero-order chi connectivity index (χ0) is 19.4. The summed E-state index contributed by atoms with van der Waals surface area (Å²) in [5, 5.41) is 25.0. The zero-order valence-electron chi connectivity index (χ0n) is 14.7. The fourth-order valence-electron chi connectivity index (χ4n) is 2.67. The van der Waals surface area contributed by atoms with Crippen molar-refractivity contribution < 1.29 is 14.4 Å². The van der Waals surface area contributed by atoms with Crippen molar-refractivity contribution in [2.45, 2.75) is 13.5 Å². The summed E-state index contributed by atoms with van der Waals surface area (Å²) in [7, 11) is 1.45. The summed E-state index contributed by atoms with van der Waals surface area (Å²) >= 11 is 0. The number of aromatic nitrogens is 2. The summed E-state index contributed by atoms with van der Waals surface area (Å²) in [6.45, 7) is 1.74. The molecule has 3 rings (SSSR count). The lowest BCUT2D eigenvalue weighted by Crippen LogP contribution is -2.07. The van der Waals surface area contributed by atoms with Gasteiger partial charge in [-0.15, -0.1) is 0 Å². The maximum Gasteiger partial charge on any atom is 0.273 e. The number of nitrogens with zero attached hydrogens (tertiary/aromatic N) is 4. The summed E-state index contributed by atoms with van der Waals surface area (Å²) in [6, 6.07) is 15.6. The van der Waals surface area contributed by atoms with E-state index in [1.54, 1.807) is 11.6 Å². The molecule has 8 heteroatoms. The summed E-state index contributed by atoms with van der Waals surface area (Å²) < 4.78 is 12.6. The third kappa shape index (κ3) is 3.57. The molecule has 0 aliphatic heterocycles. The zero-order valence-corrected chi connectivity index (χ0v) is 14.7. The normalized spacial score (nSPS) is 10.3. The second-order valence-corrected chi connectivity index (χ2v) is 5.65. The van der Waals surface area contributed by atoms with Gasteiger partial charge in [0.2, 0.25) is 0 Å². The van der Waals surface area contributed by atoms with E-state index in [2.05, 4.69) is 11.2 Å². The van der Waals surface area contributed by atoms with Gasteiger partial charge < -0.3 is 9.47 Å². The first kappa shape index (κ1) is 17.9. The van der Waals surface area contributed by atoms with Crippen molar-refractivity contribution in [2.24, 2.45) is 0 Å². The van der Waals surface area contributed by atoms with Gasteiger partial charge in [0.25, 0.3) is 5.69 Å². The second kappa shape index (κ2) is 7.58. The van der Waals surface area contributed by atoms with Crippen LogP contribution in [-0.4, -0.2) is 21.8 Å². The molecule has 0 N–H and O–H groups in total. The number of nitriles is 1. The van der Waals surface area contributed by atoms with Crippen LogP contribution < -0.4 is 9.47 Å². The van der Waals surface area contributed by atoms with Crippen molar-refractivity contribution in [1.29, 1.82) is 5.26 Å². The lowest BCUT2D eigenvalue weighted by Gasteiger charge is -2.12. The number of aryl methyl sites for hydroxylation is 1. The topological polar surface area (TPSA) is 103 Å². The van der Waals surface area contributed by atoms with Gasteiger partial charge in [0.1, 0.15) is 18.2 Å². The van der Waals surface area contributed by atoms with Crippen molar-refractivity contribution in [3.05, 3.63) is 75.6 Å². The summed E-state index contributed by atoms with van der Waals surface area (Å²) in [5.41, 5.74) is 2.20. The van der Waals surface area contributed by atoms with E-state index in [0.29, 0.717) is 22.7 Å². The molecule has 136 valence electrons. The van der Waals surface area contributed by atoms with Gasteiger partial charge in [0, 0.05) is 6.07 Å². The van der Waals surface area contributed by atoms with Crippen molar-refractivity contribution in [1.82, 2.24) is 9.78 Å². The Morgan fingerprint density at radius 3 is 2.59 bits per heavy atom. The number of benzene rings is 2. The Balaban J connectivity index is 1.99. The van der Waals surface area contributed by atoms with E-state index in [4.69, 9.17) is 9.47 Å². The number of hydrogen-bond acceptors (Lipinski definition) is 6. The van der Waals surface area contributed by atoms with Crippen LogP contribution in [0.15, 0.2) is 48.5 Å². The standard InChI is InChI=1S/C19H16N4O4/c1-13-16(11-20)17(22(21-13)14-6-4-3-5-7-14)12-27-19-10-15(23(24)25)8-9-18(19)26-2/h3-10H,12H2,1-2H3. The molecule has 0 saturated carbocycles. The van der Waals surface area contributed by atoms with Crippen molar-refractivity contribution >= 4 is 5.69 Å². The van der Waals surface area contributed by atoms with E-state index in [1.165, 1.54) is 25.3 Å². The molecule has 0 radical (unpaired) electrons. The van der Waals surface area contributed by atoms with Crippen LogP contribution in [0.25, 0.3) is 5.69 Å². The van der Waals surface area contributed by atoms with Gasteiger partial charge in [-0.1, -0.05) is 18.2 Å². The minimum Gasteiger partial charge on any atom is -0.493 e. The van der Waals surface area contributed by atoms with Crippen LogP contribution in [0, 0.1) is 28.4 Å². The molecule has 0 saturated heterocycles. The van der Waals surface area contributed by atoms with Crippen LogP contribution >= 0.6 is 0 Å². The maximum absolute atomic E-state index is 11.0. The molecule has 3 aromatic rings. The number of rotatable bonds is 6. The number of ether oxygens (including phenoxy) is 2. The molecule has 0 aliphatic rings. The molecular formula is C19H16N4O4. The second-order valence-electron chi connectivity index (χ2n) is 5.65. The highest BCUT2D eigenvalue weighted by Gasteiger charge is 2.19. The quantitative estimate of drug-likeness (QED) is 0.489. The van der Waals surface area contributed by atoms with Crippen LogP contribution in [-0.2, 0) is 6.61 Å². The first-order valence-corrected chi connectivity index (χ1v) is 8.04. The first-order chi connectivity index (χ1) is 13.0. The summed E-state index contributed by atoms with van der Waals surface area (Å²) in [5.74, 6) is 0.579. The predicted octanol–water partition coefficient (Wildman–Crippen LogP) is 3.55. The average Bonchev–Trinajstić information content (AvgIpc) is 3.01. The van der Waals surface area contributed by atoms with E-state index < -0.39 is 4.92 Å². The molecule has 0 aliphatic carbocycles. The monoisotopic (exact) mass is 364 g/mol. The highest BCUT2D eigenvalue weighted by atomic mass is 16.6. The fraction of sp³-hybridized carbons (Fsp3) is 0.158. The Morgan fingerprint density at radius 1 is 1.22 bits per heavy atom. The lowest BCUT2D eigenvalue weighted by molar-refractivity contribution is -0.385. The average molecular weight is 364 g/mol. The number of hydrogen-bond donors (Lipinski definition) is 0. The highest BCUT2D eigenvalue weighted by molar-refractivity contribution is 5.49. The Labute approximate surface area is 155 Å². The minimum atomic E-state index is -0.509. The van der Waals surface area contributed by atoms with Gasteiger partial charge in [-0.3, -0.25) is 10.1 Å². The Kier molecular flexibility index (Phi) is 5.04. The molecule has 0 amide bonds. The van der Waals surface area contributed by atoms with Gasteiger partial charge in [0.05, 0.1) is 35.2 Å². The molecule has 0 unspecified atom stereocenters. The van der Waals surface area contributed by atoms with E-state index in [1.807, 2.05) is 30.3 Å². The summed E-state index contributed by atoms with van der Waals surface area (Å²) in [6.07, 6.45) is 0. The largest absolute Gasteiger partial charge is 0.493 e. The molecule has 0 fully saturated rings. The van der Waals surface area contributed by atoms with Gasteiger partial charge >= 0.3 is 0 Å². The Hall–Kier alpha value is -3.86. The molecule has 27 heavy (non-hydrogen) atoms. The minimum absolute atomic E-state index is 0.00381. The van der Waals surface area contributed by atoms with Crippen molar-refractivity contribution in [3.63, 3.8) is 0 Å². The van der Waals surface area contributed by atoms with Gasteiger partial charge in [0.15, 0.2) is 11.5 Å². The third-order valence-electron chi connectivity index (χ3n) is 3.99. The van der Waals surface area contributed by atoms with Crippen molar-refractivity contribution in [3.8, 4) is 23.3 Å². The Morgan fingerprint density at radius 2 is 1.96 bits per heavy atom.